The van der Waals surface area contributed by atoms with Crippen LogP contribution in [0.1, 0.15) is 12.5 Å². The second kappa shape index (κ2) is 7.30. The predicted octanol–water partition coefficient (Wildman–Crippen LogP) is 3.60. The van der Waals surface area contributed by atoms with Crippen LogP contribution in [0.3, 0.4) is 0 Å². The highest BCUT2D eigenvalue weighted by atomic mass is 19.1. The monoisotopic (exact) mass is 284 g/mol. The molecule has 0 fully saturated rings. The molecule has 2 aromatic carbocycles. The van der Waals surface area contributed by atoms with Crippen molar-refractivity contribution >= 4 is 5.69 Å². The van der Waals surface area contributed by atoms with Crippen LogP contribution in [0.5, 0.6) is 5.75 Å². The van der Waals surface area contributed by atoms with E-state index in [0.29, 0.717) is 36.7 Å². The maximum atomic E-state index is 13.8. The van der Waals surface area contributed by atoms with Crippen molar-refractivity contribution in [1.29, 1.82) is 5.26 Å². The van der Waals surface area contributed by atoms with Gasteiger partial charge in [-0.3, -0.25) is 0 Å². The Morgan fingerprint density at radius 3 is 2.71 bits per heavy atom. The van der Waals surface area contributed by atoms with Crippen molar-refractivity contribution in [3.05, 3.63) is 59.9 Å². The van der Waals surface area contributed by atoms with Gasteiger partial charge in [0.1, 0.15) is 18.2 Å². The van der Waals surface area contributed by atoms with E-state index < -0.39 is 0 Å². The summed E-state index contributed by atoms with van der Waals surface area (Å²) in [5, 5.41) is 8.84. The van der Waals surface area contributed by atoms with Gasteiger partial charge >= 0.3 is 0 Å². The maximum Gasteiger partial charge on any atom is 0.146 e. The summed E-state index contributed by atoms with van der Waals surface area (Å²) in [5.74, 6) is 0.421. The van der Waals surface area contributed by atoms with Gasteiger partial charge in [-0.15, -0.1) is 0 Å². The molecule has 0 saturated heterocycles. The number of hydrogen-bond donors (Lipinski definition) is 0. The summed E-state index contributed by atoms with van der Waals surface area (Å²) in [6.45, 7) is 3.68. The largest absolute Gasteiger partial charge is 0.492 e. The van der Waals surface area contributed by atoms with Crippen molar-refractivity contribution in [2.45, 2.75) is 6.92 Å². The van der Waals surface area contributed by atoms with Gasteiger partial charge in [-0.05, 0) is 37.3 Å². The van der Waals surface area contributed by atoms with Crippen LogP contribution >= 0.6 is 0 Å². The van der Waals surface area contributed by atoms with Gasteiger partial charge in [-0.2, -0.15) is 5.26 Å². The fourth-order valence-corrected chi connectivity index (χ4v) is 2.09. The van der Waals surface area contributed by atoms with Gasteiger partial charge in [0.2, 0.25) is 0 Å². The number of anilines is 1. The van der Waals surface area contributed by atoms with Crippen molar-refractivity contribution < 1.29 is 9.13 Å². The molecular weight excluding hydrogens is 267 g/mol. The summed E-state index contributed by atoms with van der Waals surface area (Å²) in [4.78, 5) is 1.92. The Labute approximate surface area is 124 Å². The highest BCUT2D eigenvalue weighted by Crippen LogP contribution is 2.18. The fourth-order valence-electron chi connectivity index (χ4n) is 2.09. The van der Waals surface area contributed by atoms with Crippen molar-refractivity contribution in [2.24, 2.45) is 0 Å². The third kappa shape index (κ3) is 3.96. The number of benzene rings is 2. The lowest BCUT2D eigenvalue weighted by Crippen LogP contribution is -2.28. The molecule has 4 heteroatoms. The van der Waals surface area contributed by atoms with E-state index in [1.54, 1.807) is 36.4 Å². The van der Waals surface area contributed by atoms with Gasteiger partial charge in [0.25, 0.3) is 0 Å². The van der Waals surface area contributed by atoms with Gasteiger partial charge in [0, 0.05) is 6.54 Å². The lowest BCUT2D eigenvalue weighted by Gasteiger charge is -2.23. The van der Waals surface area contributed by atoms with Gasteiger partial charge in [-0.25, -0.2) is 4.39 Å². The average Bonchev–Trinajstić information content (AvgIpc) is 2.53. The van der Waals surface area contributed by atoms with Crippen LogP contribution in [0.15, 0.2) is 48.5 Å². The molecule has 21 heavy (non-hydrogen) atoms. The first-order valence-corrected chi connectivity index (χ1v) is 6.87. The van der Waals surface area contributed by atoms with E-state index in [1.807, 2.05) is 17.9 Å². The number of para-hydroxylation sites is 1. The zero-order valence-electron chi connectivity index (χ0n) is 11.9. The molecule has 2 aromatic rings. The minimum Gasteiger partial charge on any atom is -0.492 e. The lowest BCUT2D eigenvalue weighted by atomic mass is 10.2. The van der Waals surface area contributed by atoms with Gasteiger partial charge in [0.15, 0.2) is 0 Å². The molecule has 3 nitrogen and oxygen atoms in total. The third-order valence-electron chi connectivity index (χ3n) is 3.17. The Balaban J connectivity index is 1.95. The second-order valence-electron chi connectivity index (χ2n) is 4.52. The molecule has 0 amide bonds. The van der Waals surface area contributed by atoms with E-state index in [4.69, 9.17) is 10.00 Å². The molecule has 0 atom stereocenters. The first-order valence-electron chi connectivity index (χ1n) is 6.87. The minimum atomic E-state index is -0.231. The smallest absolute Gasteiger partial charge is 0.146 e. The van der Waals surface area contributed by atoms with E-state index in [-0.39, 0.29) is 5.82 Å². The molecule has 0 bridgehead atoms. The molecular formula is C17H17FN2O. The normalized spacial score (nSPS) is 9.95. The van der Waals surface area contributed by atoms with Crippen LogP contribution in [-0.2, 0) is 0 Å². The summed E-state index contributed by atoms with van der Waals surface area (Å²) in [6.07, 6.45) is 0. The Morgan fingerprint density at radius 1 is 1.19 bits per heavy atom. The molecule has 0 aliphatic carbocycles. The first kappa shape index (κ1) is 14.9. The Kier molecular flexibility index (Phi) is 5.16. The van der Waals surface area contributed by atoms with E-state index in [1.165, 1.54) is 6.07 Å². The highest BCUT2D eigenvalue weighted by molar-refractivity contribution is 5.47. The van der Waals surface area contributed by atoms with Gasteiger partial charge in [0.05, 0.1) is 23.9 Å². The van der Waals surface area contributed by atoms with Crippen LogP contribution < -0.4 is 9.64 Å². The van der Waals surface area contributed by atoms with Crippen LogP contribution in [0.2, 0.25) is 0 Å². The molecule has 108 valence electrons. The zero-order chi connectivity index (χ0) is 15.1. The topological polar surface area (TPSA) is 36.3 Å². The third-order valence-corrected chi connectivity index (χ3v) is 3.17. The average molecular weight is 284 g/mol. The molecule has 0 spiro atoms. The SMILES string of the molecule is CCN(CCOc1cccc(C#N)c1)c1ccccc1F. The van der Waals surface area contributed by atoms with Crippen molar-refractivity contribution in [1.82, 2.24) is 0 Å². The molecule has 0 saturated carbocycles. The van der Waals surface area contributed by atoms with E-state index in [0.717, 1.165) is 0 Å². The van der Waals surface area contributed by atoms with E-state index in [9.17, 15) is 4.39 Å². The van der Waals surface area contributed by atoms with Crippen molar-refractivity contribution in [2.75, 3.05) is 24.6 Å². The first-order chi connectivity index (χ1) is 10.2. The van der Waals surface area contributed by atoms with Gasteiger partial charge < -0.3 is 9.64 Å². The van der Waals surface area contributed by atoms with Crippen LogP contribution in [0, 0.1) is 17.1 Å². The van der Waals surface area contributed by atoms with Gasteiger partial charge in [-0.1, -0.05) is 18.2 Å². The number of rotatable bonds is 6. The van der Waals surface area contributed by atoms with Crippen LogP contribution in [0.25, 0.3) is 0 Å². The molecule has 0 N–H and O–H groups in total. The molecule has 0 heterocycles. The van der Waals surface area contributed by atoms with Crippen LogP contribution in [-0.4, -0.2) is 19.7 Å². The second-order valence-corrected chi connectivity index (χ2v) is 4.52. The molecule has 0 radical (unpaired) electrons. The number of likely N-dealkylation sites (N-methyl/N-ethyl adjacent to an activating group) is 1. The maximum absolute atomic E-state index is 13.8. The number of hydrogen-bond acceptors (Lipinski definition) is 3. The molecule has 2 rings (SSSR count). The number of halogens is 1. The quantitative estimate of drug-likeness (QED) is 0.813. The number of ether oxygens (including phenoxy) is 1. The summed E-state index contributed by atoms with van der Waals surface area (Å²) >= 11 is 0. The highest BCUT2D eigenvalue weighted by Gasteiger charge is 2.09. The van der Waals surface area contributed by atoms with Crippen molar-refractivity contribution in [3.63, 3.8) is 0 Å². The number of nitriles is 1. The van der Waals surface area contributed by atoms with E-state index in [2.05, 4.69) is 6.07 Å². The molecule has 0 aliphatic heterocycles. The minimum absolute atomic E-state index is 0.231. The zero-order valence-corrected chi connectivity index (χ0v) is 11.9. The summed E-state index contributed by atoms with van der Waals surface area (Å²) in [5.41, 5.74) is 1.14. The summed E-state index contributed by atoms with van der Waals surface area (Å²) in [7, 11) is 0. The molecule has 0 aliphatic rings. The lowest BCUT2D eigenvalue weighted by molar-refractivity contribution is 0.323. The standard InChI is InChI=1S/C17H17FN2O/c1-2-20(17-9-4-3-8-16(17)18)10-11-21-15-7-5-6-14(12-15)13-19/h3-9,12H,2,10-11H2,1H3. The van der Waals surface area contributed by atoms with E-state index >= 15 is 0 Å². The Morgan fingerprint density at radius 2 is 2.00 bits per heavy atom. The van der Waals surface area contributed by atoms with Crippen molar-refractivity contribution in [3.8, 4) is 11.8 Å². The Bertz CT molecular complexity index is 637. The molecule has 0 aromatic heterocycles. The predicted molar refractivity (Wildman–Crippen MR) is 80.9 cm³/mol. The van der Waals surface area contributed by atoms with Crippen LogP contribution in [0.4, 0.5) is 10.1 Å². The summed E-state index contributed by atoms with van der Waals surface area (Å²) in [6, 6.07) is 15.8. The fraction of sp³-hybridized carbons (Fsp3) is 0.235. The molecule has 0 unspecified atom stereocenters. The Hall–Kier alpha value is -2.54. The summed E-state index contributed by atoms with van der Waals surface area (Å²) < 4.78 is 19.4. The number of nitrogens with zero attached hydrogens (tertiary/aromatic N) is 2.